The monoisotopic (exact) mass is 340 g/mol. The van der Waals surface area contributed by atoms with E-state index in [2.05, 4.69) is 15.9 Å². The van der Waals surface area contributed by atoms with Crippen molar-refractivity contribution in [2.75, 3.05) is 6.61 Å². The van der Waals surface area contributed by atoms with Crippen molar-refractivity contribution in [1.29, 1.82) is 0 Å². The van der Waals surface area contributed by atoms with Gasteiger partial charge in [-0.3, -0.25) is 10.1 Å². The molecule has 6 nitrogen and oxygen atoms in total. The van der Waals surface area contributed by atoms with Crippen molar-refractivity contribution < 1.29 is 15.1 Å². The third kappa shape index (κ3) is 4.09. The molecule has 1 aromatic carbocycles. The summed E-state index contributed by atoms with van der Waals surface area (Å²) in [4.78, 5) is 10.0. The largest absolute Gasteiger partial charge is 0.502 e. The second kappa shape index (κ2) is 7.52. The molecule has 8 heteroatoms. The Labute approximate surface area is 118 Å². The SMILES string of the molecule is Cl.N[C@@H](CCCO)c1cc(Br)cc([N+](=O)[O-])c1O. The number of hydrogen-bond donors (Lipinski definition) is 3. The van der Waals surface area contributed by atoms with Crippen LogP contribution >= 0.6 is 28.3 Å². The molecule has 0 aliphatic carbocycles. The molecule has 4 N–H and O–H groups in total. The van der Waals surface area contributed by atoms with Crippen LogP contribution in [0.25, 0.3) is 0 Å². The van der Waals surface area contributed by atoms with Gasteiger partial charge in [-0.1, -0.05) is 15.9 Å². The van der Waals surface area contributed by atoms with Crippen LogP contribution in [0.1, 0.15) is 24.4 Å². The summed E-state index contributed by atoms with van der Waals surface area (Å²) in [5, 5.41) is 29.1. The summed E-state index contributed by atoms with van der Waals surface area (Å²) in [7, 11) is 0. The van der Waals surface area contributed by atoms with Crippen LogP contribution in [-0.2, 0) is 0 Å². The zero-order valence-corrected chi connectivity index (χ0v) is 11.8. The first kappa shape index (κ1) is 17.1. The highest BCUT2D eigenvalue weighted by molar-refractivity contribution is 9.10. The van der Waals surface area contributed by atoms with Crippen molar-refractivity contribution in [3.05, 3.63) is 32.3 Å². The van der Waals surface area contributed by atoms with Gasteiger partial charge in [-0.2, -0.15) is 0 Å². The zero-order chi connectivity index (χ0) is 13.0. The summed E-state index contributed by atoms with van der Waals surface area (Å²) >= 11 is 3.13. The van der Waals surface area contributed by atoms with Crippen LogP contribution in [0, 0.1) is 10.1 Å². The first-order chi connectivity index (χ1) is 7.97. The van der Waals surface area contributed by atoms with Crippen LogP contribution in [0.15, 0.2) is 16.6 Å². The number of halogens is 2. The Kier molecular flexibility index (Phi) is 7.15. The molecule has 0 aliphatic rings. The van der Waals surface area contributed by atoms with Gasteiger partial charge in [0.25, 0.3) is 0 Å². The lowest BCUT2D eigenvalue weighted by atomic mass is 10.0. The van der Waals surface area contributed by atoms with E-state index in [0.29, 0.717) is 22.9 Å². The zero-order valence-electron chi connectivity index (χ0n) is 9.38. The summed E-state index contributed by atoms with van der Waals surface area (Å²) in [6.45, 7) is -0.00937. The summed E-state index contributed by atoms with van der Waals surface area (Å²) in [5.41, 5.74) is 5.73. The van der Waals surface area contributed by atoms with Gasteiger partial charge in [0, 0.05) is 28.8 Å². The molecule has 1 atom stereocenters. The molecule has 0 unspecified atom stereocenters. The minimum absolute atomic E-state index is 0. The Bertz CT molecular complexity index is 431. The van der Waals surface area contributed by atoms with Crippen molar-refractivity contribution in [3.8, 4) is 5.75 Å². The van der Waals surface area contributed by atoms with Crippen LogP contribution in [0.2, 0.25) is 0 Å². The summed E-state index contributed by atoms with van der Waals surface area (Å²) < 4.78 is 0.483. The lowest BCUT2D eigenvalue weighted by Crippen LogP contribution is -2.11. The molecule has 0 bridgehead atoms. The maximum Gasteiger partial charge on any atom is 0.312 e. The molecule has 0 aliphatic heterocycles. The number of phenolic OH excluding ortho intramolecular Hbond substituents is 1. The Balaban J connectivity index is 0.00000289. The first-order valence-corrected chi connectivity index (χ1v) is 5.80. The molecule has 1 aromatic rings. The van der Waals surface area contributed by atoms with E-state index in [1.807, 2.05) is 0 Å². The van der Waals surface area contributed by atoms with E-state index in [1.54, 1.807) is 6.07 Å². The molecule has 0 spiro atoms. The molecule has 18 heavy (non-hydrogen) atoms. The normalized spacial score (nSPS) is 11.7. The highest BCUT2D eigenvalue weighted by Gasteiger charge is 2.21. The molecular weight excluding hydrogens is 327 g/mol. The van der Waals surface area contributed by atoms with Gasteiger partial charge in [0.15, 0.2) is 5.75 Å². The van der Waals surface area contributed by atoms with Crippen molar-refractivity contribution in [1.82, 2.24) is 0 Å². The topological polar surface area (TPSA) is 110 Å². The van der Waals surface area contributed by atoms with Crippen LogP contribution in [0.4, 0.5) is 5.69 Å². The van der Waals surface area contributed by atoms with E-state index in [-0.39, 0.29) is 24.7 Å². The van der Waals surface area contributed by atoms with Crippen LogP contribution < -0.4 is 5.73 Å². The van der Waals surface area contributed by atoms with Gasteiger partial charge in [-0.25, -0.2) is 0 Å². The Hall–Kier alpha value is -0.890. The van der Waals surface area contributed by atoms with Gasteiger partial charge in [0.05, 0.1) is 4.92 Å². The molecule has 0 aromatic heterocycles. The number of phenols is 1. The second-order valence-corrected chi connectivity index (χ2v) is 4.51. The lowest BCUT2D eigenvalue weighted by molar-refractivity contribution is -0.386. The molecule has 0 saturated heterocycles. The molecule has 0 fully saturated rings. The standard InChI is InChI=1S/C10H13BrN2O4.ClH/c11-6-4-7(8(12)2-1-3-14)10(15)9(5-6)13(16)17;/h4-5,8,14-15H,1-3,12H2;1H/t8-;/m0./s1. The Morgan fingerprint density at radius 3 is 2.61 bits per heavy atom. The molecule has 0 radical (unpaired) electrons. The van der Waals surface area contributed by atoms with Crippen LogP contribution in [0.5, 0.6) is 5.75 Å². The number of nitro groups is 1. The maximum absolute atomic E-state index is 10.7. The van der Waals surface area contributed by atoms with E-state index >= 15 is 0 Å². The summed E-state index contributed by atoms with van der Waals surface area (Å²) in [6.07, 6.45) is 0.915. The number of nitrogens with zero attached hydrogens (tertiary/aromatic N) is 1. The Morgan fingerprint density at radius 2 is 2.11 bits per heavy atom. The highest BCUT2D eigenvalue weighted by atomic mass is 79.9. The van der Waals surface area contributed by atoms with E-state index in [0.717, 1.165) is 0 Å². The first-order valence-electron chi connectivity index (χ1n) is 5.00. The fourth-order valence-electron chi connectivity index (χ4n) is 1.49. The quantitative estimate of drug-likeness (QED) is 0.562. The highest BCUT2D eigenvalue weighted by Crippen LogP contribution is 2.37. The number of nitrogens with two attached hydrogens (primary N) is 1. The van der Waals surface area contributed by atoms with Gasteiger partial charge in [-0.05, 0) is 18.9 Å². The number of aromatic hydroxyl groups is 1. The van der Waals surface area contributed by atoms with E-state index < -0.39 is 16.7 Å². The van der Waals surface area contributed by atoms with Gasteiger partial charge < -0.3 is 15.9 Å². The number of benzene rings is 1. The number of rotatable bonds is 5. The van der Waals surface area contributed by atoms with Crippen molar-refractivity contribution in [2.45, 2.75) is 18.9 Å². The number of aliphatic hydroxyl groups excluding tert-OH is 1. The van der Waals surface area contributed by atoms with E-state index in [1.165, 1.54) is 6.07 Å². The minimum Gasteiger partial charge on any atom is -0.502 e. The minimum atomic E-state index is -0.664. The second-order valence-electron chi connectivity index (χ2n) is 3.59. The predicted octanol–water partition coefficient (Wildman–Crippen LogP) is 2.26. The fraction of sp³-hybridized carbons (Fsp3) is 0.400. The van der Waals surface area contributed by atoms with Crippen molar-refractivity contribution >= 4 is 34.0 Å². The third-order valence-electron chi connectivity index (χ3n) is 2.35. The molecule has 0 saturated carbocycles. The van der Waals surface area contributed by atoms with Crippen LogP contribution in [-0.4, -0.2) is 21.7 Å². The fourth-order valence-corrected chi connectivity index (χ4v) is 1.96. The molecule has 1 rings (SSSR count). The van der Waals surface area contributed by atoms with Gasteiger partial charge in [0.1, 0.15) is 0 Å². The number of nitro benzene ring substituents is 1. The summed E-state index contributed by atoms with van der Waals surface area (Å²) in [5.74, 6) is -0.413. The molecule has 0 amide bonds. The molecular formula is C10H14BrClN2O4. The Morgan fingerprint density at radius 1 is 1.50 bits per heavy atom. The average Bonchev–Trinajstić information content (AvgIpc) is 2.28. The van der Waals surface area contributed by atoms with E-state index in [4.69, 9.17) is 10.8 Å². The molecule has 0 heterocycles. The summed E-state index contributed by atoms with van der Waals surface area (Å²) in [6, 6.07) is 2.22. The predicted molar refractivity (Wildman–Crippen MR) is 73.0 cm³/mol. The average molecular weight is 342 g/mol. The van der Waals surface area contributed by atoms with Crippen molar-refractivity contribution in [3.63, 3.8) is 0 Å². The lowest BCUT2D eigenvalue weighted by Gasteiger charge is -2.13. The van der Waals surface area contributed by atoms with Crippen LogP contribution in [0.3, 0.4) is 0 Å². The smallest absolute Gasteiger partial charge is 0.312 e. The van der Waals surface area contributed by atoms with Gasteiger partial charge >= 0.3 is 5.69 Å². The van der Waals surface area contributed by atoms with Gasteiger partial charge in [-0.15, -0.1) is 12.4 Å². The van der Waals surface area contributed by atoms with Crippen molar-refractivity contribution in [2.24, 2.45) is 5.73 Å². The molecule has 102 valence electrons. The number of aliphatic hydroxyl groups is 1. The van der Waals surface area contributed by atoms with Gasteiger partial charge in [0.2, 0.25) is 0 Å². The maximum atomic E-state index is 10.7. The number of hydrogen-bond acceptors (Lipinski definition) is 5. The van der Waals surface area contributed by atoms with E-state index in [9.17, 15) is 15.2 Å². The third-order valence-corrected chi connectivity index (χ3v) is 2.81.